The molecule has 0 spiro atoms. The molecule has 32 heavy (non-hydrogen) atoms. The molecule has 0 aliphatic rings. The van der Waals surface area contributed by atoms with E-state index in [0.717, 1.165) is 47.5 Å². The number of hydrogen-bond acceptors (Lipinski definition) is 8. The van der Waals surface area contributed by atoms with Gasteiger partial charge in [-0.05, 0) is 24.5 Å². The number of methoxy groups -OCH3 is 1. The lowest BCUT2D eigenvalue weighted by molar-refractivity contribution is 0.218. The maximum atomic E-state index is 6.11. The van der Waals surface area contributed by atoms with E-state index in [1.54, 1.807) is 20.4 Å². The minimum atomic E-state index is 0.281. The number of fused-ring (bicyclic) bond motifs is 1. The highest BCUT2D eigenvalue weighted by molar-refractivity contribution is 5.86. The van der Waals surface area contributed by atoms with Crippen LogP contribution >= 0.6 is 0 Å². The van der Waals surface area contributed by atoms with Crippen LogP contribution in [-0.2, 0) is 0 Å². The summed E-state index contributed by atoms with van der Waals surface area (Å²) in [5.74, 6) is 3.68. The topological polar surface area (TPSA) is 90.4 Å². The van der Waals surface area contributed by atoms with Crippen LogP contribution < -0.4 is 24.8 Å². The quantitative estimate of drug-likeness (QED) is 0.386. The van der Waals surface area contributed by atoms with Gasteiger partial charge >= 0.3 is 0 Å². The van der Waals surface area contributed by atoms with E-state index in [0.29, 0.717) is 30.7 Å². The van der Waals surface area contributed by atoms with E-state index in [4.69, 9.17) is 19.2 Å². The normalized spacial score (nSPS) is 10.9. The number of aromatic nitrogens is 3. The summed E-state index contributed by atoms with van der Waals surface area (Å²) in [6.07, 6.45) is 3.84. The zero-order chi connectivity index (χ0) is 22.9. The average molecular weight is 440 g/mol. The van der Waals surface area contributed by atoms with Gasteiger partial charge in [-0.1, -0.05) is 27.2 Å². The van der Waals surface area contributed by atoms with Crippen LogP contribution in [0.15, 0.2) is 30.5 Å². The number of hydrogen-bond donors (Lipinski definition) is 2. The van der Waals surface area contributed by atoms with Gasteiger partial charge in [-0.3, -0.25) is 4.98 Å². The smallest absolute Gasteiger partial charge is 0.224 e. The Balaban J connectivity index is 1.70. The fraction of sp³-hybridized carbons (Fsp3) is 0.458. The predicted molar refractivity (Wildman–Crippen MR) is 128 cm³/mol. The van der Waals surface area contributed by atoms with Gasteiger partial charge < -0.3 is 24.8 Å². The van der Waals surface area contributed by atoms with Gasteiger partial charge in [0.05, 0.1) is 18.8 Å². The summed E-state index contributed by atoms with van der Waals surface area (Å²) in [6, 6.07) is 7.82. The van der Waals surface area contributed by atoms with Crippen molar-refractivity contribution in [2.45, 2.75) is 39.5 Å². The number of nitrogens with zero attached hydrogens (tertiary/aromatic N) is 3. The third-order valence-corrected chi connectivity index (χ3v) is 4.99. The molecule has 2 heterocycles. The lowest BCUT2D eigenvalue weighted by Crippen LogP contribution is -2.13. The molecule has 0 aliphatic carbocycles. The van der Waals surface area contributed by atoms with Crippen molar-refractivity contribution in [1.82, 2.24) is 15.0 Å². The molecule has 172 valence electrons. The number of rotatable bonds is 12. The van der Waals surface area contributed by atoms with Crippen molar-refractivity contribution in [3.05, 3.63) is 36.2 Å². The number of benzene rings is 1. The Morgan fingerprint density at radius 1 is 1.03 bits per heavy atom. The van der Waals surface area contributed by atoms with Crippen LogP contribution in [-0.4, -0.2) is 48.9 Å². The van der Waals surface area contributed by atoms with E-state index in [2.05, 4.69) is 41.4 Å². The summed E-state index contributed by atoms with van der Waals surface area (Å²) in [6.45, 7) is 7.95. The molecule has 2 N–H and O–H groups in total. The minimum absolute atomic E-state index is 0.281. The molecule has 0 atom stereocenters. The van der Waals surface area contributed by atoms with Gasteiger partial charge in [0.2, 0.25) is 5.95 Å². The first-order valence-electron chi connectivity index (χ1n) is 11.1. The summed E-state index contributed by atoms with van der Waals surface area (Å²) in [5.41, 5.74) is 1.82. The molecule has 3 rings (SSSR count). The Morgan fingerprint density at radius 2 is 1.81 bits per heavy atom. The number of ether oxygens (including phenoxy) is 3. The van der Waals surface area contributed by atoms with Gasteiger partial charge in [-0.2, -0.15) is 4.98 Å². The van der Waals surface area contributed by atoms with Crippen LogP contribution in [0.5, 0.6) is 17.2 Å². The molecular weight excluding hydrogens is 406 g/mol. The summed E-state index contributed by atoms with van der Waals surface area (Å²) in [7, 11) is 3.44. The van der Waals surface area contributed by atoms with Crippen LogP contribution in [0, 0.1) is 0 Å². The molecule has 2 aromatic heterocycles. The van der Waals surface area contributed by atoms with Crippen molar-refractivity contribution >= 4 is 22.7 Å². The van der Waals surface area contributed by atoms with E-state index in [9.17, 15) is 0 Å². The number of unbranched alkanes of at least 4 members (excludes halogenated alkanes) is 1. The van der Waals surface area contributed by atoms with Crippen molar-refractivity contribution in [1.29, 1.82) is 0 Å². The Morgan fingerprint density at radius 3 is 2.50 bits per heavy atom. The third kappa shape index (κ3) is 5.90. The van der Waals surface area contributed by atoms with E-state index >= 15 is 0 Å². The van der Waals surface area contributed by atoms with Gasteiger partial charge in [0, 0.05) is 36.8 Å². The molecule has 0 saturated heterocycles. The fourth-order valence-electron chi connectivity index (χ4n) is 3.15. The highest BCUT2D eigenvalue weighted by Gasteiger charge is 2.12. The van der Waals surface area contributed by atoms with Crippen LogP contribution in [0.1, 0.15) is 45.2 Å². The first-order valence-corrected chi connectivity index (χ1v) is 11.1. The highest BCUT2D eigenvalue weighted by atomic mass is 16.5. The van der Waals surface area contributed by atoms with Crippen LogP contribution in [0.3, 0.4) is 0 Å². The molecule has 1 aromatic carbocycles. The standard InChI is InChI=1S/C24H33N5O3/c1-6-7-10-26-23-22(15-27-24(25-4)29-23)32-12-11-31-21-14-19(16(2)3)28-20-13-17(30-5)8-9-18(20)21/h8-9,13-16H,6-7,10-12H2,1-5H3,(H2,25,26,27,29). The molecule has 0 aliphatic heterocycles. The Labute approximate surface area is 189 Å². The van der Waals surface area contributed by atoms with Crippen molar-refractivity contribution < 1.29 is 14.2 Å². The summed E-state index contributed by atoms with van der Waals surface area (Å²) in [4.78, 5) is 13.5. The van der Waals surface area contributed by atoms with Crippen molar-refractivity contribution in [3.63, 3.8) is 0 Å². The molecule has 0 amide bonds. The first-order chi connectivity index (χ1) is 15.5. The van der Waals surface area contributed by atoms with Crippen LogP contribution in [0.25, 0.3) is 10.9 Å². The number of anilines is 2. The highest BCUT2D eigenvalue weighted by Crippen LogP contribution is 2.31. The lowest BCUT2D eigenvalue weighted by atomic mass is 10.1. The second-order valence-corrected chi connectivity index (χ2v) is 7.72. The molecule has 3 aromatic rings. The largest absolute Gasteiger partial charge is 0.497 e. The maximum Gasteiger partial charge on any atom is 0.224 e. The zero-order valence-corrected chi connectivity index (χ0v) is 19.6. The maximum absolute atomic E-state index is 6.11. The predicted octanol–water partition coefficient (Wildman–Crippen LogP) is 4.87. The molecule has 8 nitrogen and oxygen atoms in total. The molecule has 0 unspecified atom stereocenters. The molecule has 0 bridgehead atoms. The van der Waals surface area contributed by atoms with Gasteiger partial charge in [-0.15, -0.1) is 0 Å². The van der Waals surface area contributed by atoms with E-state index < -0.39 is 0 Å². The lowest BCUT2D eigenvalue weighted by Gasteiger charge is -2.15. The summed E-state index contributed by atoms with van der Waals surface area (Å²) in [5, 5.41) is 7.22. The van der Waals surface area contributed by atoms with Gasteiger partial charge in [0.15, 0.2) is 11.6 Å². The van der Waals surface area contributed by atoms with Crippen LogP contribution in [0.2, 0.25) is 0 Å². The van der Waals surface area contributed by atoms with E-state index in [1.807, 2.05) is 24.3 Å². The molecule has 8 heteroatoms. The van der Waals surface area contributed by atoms with Gasteiger partial charge in [0.1, 0.15) is 24.7 Å². The van der Waals surface area contributed by atoms with Gasteiger partial charge in [0.25, 0.3) is 0 Å². The van der Waals surface area contributed by atoms with E-state index in [1.165, 1.54) is 0 Å². The Kier molecular flexibility index (Phi) is 8.30. The molecule has 0 radical (unpaired) electrons. The van der Waals surface area contributed by atoms with Crippen molar-refractivity contribution in [2.24, 2.45) is 0 Å². The van der Waals surface area contributed by atoms with Crippen molar-refractivity contribution in [2.75, 3.05) is 44.5 Å². The minimum Gasteiger partial charge on any atom is -0.497 e. The molecule has 0 fully saturated rings. The SMILES string of the molecule is CCCCNc1nc(NC)ncc1OCCOc1cc(C(C)C)nc2cc(OC)ccc12. The van der Waals surface area contributed by atoms with Crippen molar-refractivity contribution in [3.8, 4) is 17.2 Å². The third-order valence-electron chi connectivity index (χ3n) is 4.99. The summed E-state index contributed by atoms with van der Waals surface area (Å²) < 4.78 is 17.4. The monoisotopic (exact) mass is 439 g/mol. The second-order valence-electron chi connectivity index (χ2n) is 7.72. The number of nitrogens with one attached hydrogen (secondary N) is 2. The van der Waals surface area contributed by atoms with E-state index in [-0.39, 0.29) is 5.92 Å². The Hall–Kier alpha value is -3.29. The zero-order valence-electron chi connectivity index (χ0n) is 19.6. The second kappa shape index (κ2) is 11.4. The summed E-state index contributed by atoms with van der Waals surface area (Å²) >= 11 is 0. The Bertz CT molecular complexity index is 1030. The molecular formula is C24H33N5O3. The first kappa shape index (κ1) is 23.4. The van der Waals surface area contributed by atoms with Crippen LogP contribution in [0.4, 0.5) is 11.8 Å². The molecule has 0 saturated carbocycles. The fourth-order valence-corrected chi connectivity index (χ4v) is 3.15. The van der Waals surface area contributed by atoms with Gasteiger partial charge in [-0.25, -0.2) is 4.98 Å². The average Bonchev–Trinajstić information content (AvgIpc) is 2.81. The number of pyridine rings is 1.